The van der Waals surface area contributed by atoms with E-state index in [-0.39, 0.29) is 11.7 Å². The number of carbonyl (C=O) groups excluding carboxylic acids is 1. The molecule has 1 aliphatic heterocycles. The van der Waals surface area contributed by atoms with Gasteiger partial charge in [0.2, 0.25) is 0 Å². The highest BCUT2D eigenvalue weighted by Crippen LogP contribution is 2.47. The molecule has 5 rings (SSSR count). The number of hydrogen-bond donors (Lipinski definition) is 2. The standard InChI is InChI=1S/C32H35N3O4/c1-5-7-15-39-25-14-13-23(18-26(25)38-6-2)30-27-28(24-17-20(3)16-21(4)31(24)36)33-34-29(27)32(37)35(30)19-22-11-9-8-10-12-22/h8-14,16-18,30,36H,5-7,15,19H2,1-4H3,(H,33,34). The number of aromatic amines is 1. The number of aryl methyl sites for hydroxylation is 2. The monoisotopic (exact) mass is 525 g/mol. The Kier molecular flexibility index (Phi) is 7.59. The van der Waals surface area contributed by atoms with Crippen LogP contribution in [0.25, 0.3) is 11.3 Å². The van der Waals surface area contributed by atoms with Gasteiger partial charge >= 0.3 is 0 Å². The molecule has 0 aliphatic carbocycles. The molecule has 0 bridgehead atoms. The summed E-state index contributed by atoms with van der Waals surface area (Å²) in [6.07, 6.45) is 1.99. The number of rotatable bonds is 10. The van der Waals surface area contributed by atoms with Gasteiger partial charge in [-0.2, -0.15) is 5.10 Å². The van der Waals surface area contributed by atoms with Gasteiger partial charge in [-0.1, -0.05) is 55.8 Å². The van der Waals surface area contributed by atoms with Crippen molar-refractivity contribution in [3.8, 4) is 28.5 Å². The van der Waals surface area contributed by atoms with Crippen molar-refractivity contribution in [2.75, 3.05) is 13.2 Å². The Bertz CT molecular complexity index is 1480. The van der Waals surface area contributed by atoms with Gasteiger partial charge in [-0.15, -0.1) is 0 Å². The number of unbranched alkanes of at least 4 members (excludes halogenated alkanes) is 1. The van der Waals surface area contributed by atoms with Crippen molar-refractivity contribution >= 4 is 5.91 Å². The molecule has 0 spiro atoms. The molecular weight excluding hydrogens is 490 g/mol. The van der Waals surface area contributed by atoms with Crippen molar-refractivity contribution in [1.29, 1.82) is 0 Å². The second-order valence-corrected chi connectivity index (χ2v) is 10.0. The quantitative estimate of drug-likeness (QED) is 0.224. The molecule has 7 heteroatoms. The summed E-state index contributed by atoms with van der Waals surface area (Å²) in [5.41, 5.74) is 6.04. The summed E-state index contributed by atoms with van der Waals surface area (Å²) in [7, 11) is 0. The van der Waals surface area contributed by atoms with Gasteiger partial charge in [-0.3, -0.25) is 9.89 Å². The van der Waals surface area contributed by atoms with Gasteiger partial charge in [0, 0.05) is 17.7 Å². The number of H-pyrrole nitrogens is 1. The molecule has 2 N–H and O–H groups in total. The van der Waals surface area contributed by atoms with E-state index in [1.165, 1.54) is 0 Å². The molecular formula is C32H35N3O4. The number of phenolic OH excluding ortho intramolecular Hbond substituents is 1. The van der Waals surface area contributed by atoms with Gasteiger partial charge in [-0.05, 0) is 67.6 Å². The zero-order valence-electron chi connectivity index (χ0n) is 23.0. The van der Waals surface area contributed by atoms with E-state index >= 15 is 0 Å². The van der Waals surface area contributed by atoms with Crippen LogP contribution in [0.2, 0.25) is 0 Å². The van der Waals surface area contributed by atoms with Crippen molar-refractivity contribution in [1.82, 2.24) is 15.1 Å². The zero-order valence-corrected chi connectivity index (χ0v) is 23.0. The van der Waals surface area contributed by atoms with Crippen LogP contribution in [0, 0.1) is 13.8 Å². The maximum Gasteiger partial charge on any atom is 0.273 e. The van der Waals surface area contributed by atoms with Crippen LogP contribution in [-0.2, 0) is 6.54 Å². The average molecular weight is 526 g/mol. The fraction of sp³-hybridized carbons (Fsp3) is 0.312. The van der Waals surface area contributed by atoms with E-state index in [9.17, 15) is 9.90 Å². The summed E-state index contributed by atoms with van der Waals surface area (Å²) in [6.45, 7) is 9.45. The Morgan fingerprint density at radius 1 is 1.00 bits per heavy atom. The number of phenols is 1. The molecule has 2 heterocycles. The summed E-state index contributed by atoms with van der Waals surface area (Å²) in [6, 6.07) is 19.2. The summed E-state index contributed by atoms with van der Waals surface area (Å²) in [4.78, 5) is 15.7. The van der Waals surface area contributed by atoms with Gasteiger partial charge in [0.1, 0.15) is 17.1 Å². The number of carbonyl (C=O) groups is 1. The van der Waals surface area contributed by atoms with Crippen LogP contribution in [0.5, 0.6) is 17.2 Å². The minimum atomic E-state index is -0.439. The van der Waals surface area contributed by atoms with Crippen LogP contribution in [0.3, 0.4) is 0 Å². The topological polar surface area (TPSA) is 87.7 Å². The smallest absolute Gasteiger partial charge is 0.273 e. The molecule has 1 aliphatic rings. The van der Waals surface area contributed by atoms with E-state index in [2.05, 4.69) is 17.1 Å². The van der Waals surface area contributed by atoms with E-state index in [0.717, 1.165) is 40.7 Å². The number of aromatic nitrogens is 2. The first-order valence-corrected chi connectivity index (χ1v) is 13.6. The summed E-state index contributed by atoms with van der Waals surface area (Å²) in [5, 5.41) is 18.6. The van der Waals surface area contributed by atoms with E-state index < -0.39 is 6.04 Å². The summed E-state index contributed by atoms with van der Waals surface area (Å²) in [5.74, 6) is 1.36. The number of nitrogens with one attached hydrogen (secondary N) is 1. The lowest BCUT2D eigenvalue weighted by Crippen LogP contribution is -2.29. The van der Waals surface area contributed by atoms with Crippen LogP contribution in [0.1, 0.15) is 71.0 Å². The van der Waals surface area contributed by atoms with Crippen molar-refractivity contribution < 1.29 is 19.4 Å². The lowest BCUT2D eigenvalue weighted by atomic mass is 9.93. The zero-order chi connectivity index (χ0) is 27.5. The van der Waals surface area contributed by atoms with Gasteiger partial charge < -0.3 is 19.5 Å². The normalized spacial score (nSPS) is 14.5. The van der Waals surface area contributed by atoms with E-state index in [4.69, 9.17) is 9.47 Å². The summed E-state index contributed by atoms with van der Waals surface area (Å²) >= 11 is 0. The number of benzene rings is 3. The number of amides is 1. The third-order valence-electron chi connectivity index (χ3n) is 7.10. The number of hydrogen-bond acceptors (Lipinski definition) is 5. The SMILES string of the molecule is CCCCOc1ccc(C2c3c(-c4cc(C)cc(C)c4O)n[nH]c3C(=O)N2Cc2ccccc2)cc1OCC. The largest absolute Gasteiger partial charge is 0.507 e. The molecule has 39 heavy (non-hydrogen) atoms. The van der Waals surface area contributed by atoms with Crippen LogP contribution in [-0.4, -0.2) is 39.3 Å². The Balaban J connectivity index is 1.65. The molecule has 0 fully saturated rings. The van der Waals surface area contributed by atoms with Crippen molar-refractivity contribution in [2.45, 2.75) is 53.1 Å². The molecule has 0 radical (unpaired) electrons. The molecule has 1 aromatic heterocycles. The number of ether oxygens (including phenoxy) is 2. The number of nitrogens with zero attached hydrogens (tertiary/aromatic N) is 2. The Labute approximate surface area is 229 Å². The van der Waals surface area contributed by atoms with Gasteiger partial charge in [0.05, 0.1) is 19.3 Å². The first-order valence-electron chi connectivity index (χ1n) is 13.6. The van der Waals surface area contributed by atoms with Crippen LogP contribution in [0.15, 0.2) is 60.7 Å². The van der Waals surface area contributed by atoms with Crippen molar-refractivity contribution in [3.63, 3.8) is 0 Å². The highest BCUT2D eigenvalue weighted by Gasteiger charge is 2.43. The van der Waals surface area contributed by atoms with Crippen LogP contribution in [0.4, 0.5) is 0 Å². The lowest BCUT2D eigenvalue weighted by molar-refractivity contribution is 0.0729. The highest BCUT2D eigenvalue weighted by atomic mass is 16.5. The van der Waals surface area contributed by atoms with Gasteiger partial charge in [-0.25, -0.2) is 0 Å². The fourth-order valence-corrected chi connectivity index (χ4v) is 5.24. The molecule has 1 atom stereocenters. The molecule has 3 aromatic carbocycles. The maximum absolute atomic E-state index is 13.8. The lowest BCUT2D eigenvalue weighted by Gasteiger charge is -2.27. The van der Waals surface area contributed by atoms with E-state index in [1.54, 1.807) is 0 Å². The third-order valence-corrected chi connectivity index (χ3v) is 7.10. The molecule has 202 valence electrons. The molecule has 4 aromatic rings. The minimum absolute atomic E-state index is 0.136. The average Bonchev–Trinajstić information content (AvgIpc) is 3.47. The summed E-state index contributed by atoms with van der Waals surface area (Å²) < 4.78 is 12.0. The highest BCUT2D eigenvalue weighted by molar-refractivity contribution is 6.00. The number of fused-ring (bicyclic) bond motifs is 1. The van der Waals surface area contributed by atoms with E-state index in [1.807, 2.05) is 86.3 Å². The molecule has 7 nitrogen and oxygen atoms in total. The van der Waals surface area contributed by atoms with Crippen LogP contribution < -0.4 is 9.47 Å². The third kappa shape index (κ3) is 5.09. The molecule has 1 unspecified atom stereocenters. The van der Waals surface area contributed by atoms with Crippen LogP contribution >= 0.6 is 0 Å². The first kappa shape index (κ1) is 26.4. The molecule has 0 saturated carbocycles. The second-order valence-electron chi connectivity index (χ2n) is 10.0. The minimum Gasteiger partial charge on any atom is -0.507 e. The number of aromatic hydroxyl groups is 1. The Hall–Kier alpha value is -4.26. The molecule has 1 amide bonds. The predicted octanol–water partition coefficient (Wildman–Crippen LogP) is 6.72. The van der Waals surface area contributed by atoms with Crippen molar-refractivity contribution in [2.24, 2.45) is 0 Å². The Morgan fingerprint density at radius 2 is 1.79 bits per heavy atom. The fourth-order valence-electron chi connectivity index (χ4n) is 5.24. The second kappa shape index (κ2) is 11.2. The molecule has 0 saturated heterocycles. The predicted molar refractivity (Wildman–Crippen MR) is 151 cm³/mol. The van der Waals surface area contributed by atoms with E-state index in [0.29, 0.717) is 48.2 Å². The van der Waals surface area contributed by atoms with Gasteiger partial charge in [0.25, 0.3) is 5.91 Å². The maximum atomic E-state index is 13.8. The van der Waals surface area contributed by atoms with Crippen molar-refractivity contribution in [3.05, 3.63) is 94.2 Å². The first-order chi connectivity index (χ1) is 18.9. The Morgan fingerprint density at radius 3 is 2.54 bits per heavy atom. The van der Waals surface area contributed by atoms with Gasteiger partial charge in [0.15, 0.2) is 11.5 Å².